The number of hydrogen-bond acceptors (Lipinski definition) is 3. The second-order valence-corrected chi connectivity index (χ2v) is 4.90. The van der Waals surface area contributed by atoms with Crippen LogP contribution >= 0.6 is 0 Å². The van der Waals surface area contributed by atoms with Crippen molar-refractivity contribution in [1.82, 2.24) is 9.55 Å². The lowest BCUT2D eigenvalue weighted by Crippen LogP contribution is -2.12. The lowest BCUT2D eigenvalue weighted by molar-refractivity contribution is 0.505. The van der Waals surface area contributed by atoms with Gasteiger partial charge in [0.1, 0.15) is 5.82 Å². The van der Waals surface area contributed by atoms with Crippen molar-refractivity contribution in [3.05, 3.63) is 30.1 Å². The van der Waals surface area contributed by atoms with Gasteiger partial charge in [-0.2, -0.15) is 10.5 Å². The summed E-state index contributed by atoms with van der Waals surface area (Å²) in [6.07, 6.45) is 2.98. The van der Waals surface area contributed by atoms with Crippen molar-refractivity contribution < 1.29 is 0 Å². The molecule has 1 aromatic carbocycles. The molecule has 0 fully saturated rings. The Morgan fingerprint density at radius 1 is 1.30 bits per heavy atom. The topological polar surface area (TPSA) is 65.4 Å². The third-order valence-corrected chi connectivity index (χ3v) is 3.40. The molecule has 0 amide bonds. The summed E-state index contributed by atoms with van der Waals surface area (Å²) in [4.78, 5) is 4.66. The van der Waals surface area contributed by atoms with E-state index in [0.29, 0.717) is 19.4 Å². The van der Waals surface area contributed by atoms with E-state index >= 15 is 0 Å². The minimum absolute atomic E-state index is 0.136. The molecule has 0 unspecified atom stereocenters. The summed E-state index contributed by atoms with van der Waals surface area (Å²) in [5.41, 5.74) is 2.06. The number of imidazole rings is 1. The van der Waals surface area contributed by atoms with Gasteiger partial charge in [0.25, 0.3) is 0 Å². The first kappa shape index (κ1) is 14.1. The van der Waals surface area contributed by atoms with E-state index in [1.54, 1.807) is 0 Å². The fraction of sp³-hybridized carbons (Fsp3) is 0.438. The molecule has 4 nitrogen and oxygen atoms in total. The highest BCUT2D eigenvalue weighted by Gasteiger charge is 2.14. The summed E-state index contributed by atoms with van der Waals surface area (Å²) in [6.45, 7) is 2.75. The molecule has 0 aliphatic carbocycles. The molecule has 0 aliphatic rings. The molecule has 0 saturated carbocycles. The maximum absolute atomic E-state index is 9.25. The zero-order valence-electron chi connectivity index (χ0n) is 11.7. The smallest absolute Gasteiger partial charge is 0.109 e. The van der Waals surface area contributed by atoms with E-state index in [-0.39, 0.29) is 5.92 Å². The molecule has 2 rings (SSSR count). The summed E-state index contributed by atoms with van der Waals surface area (Å²) in [5.74, 6) is 0.897. The first-order chi connectivity index (χ1) is 9.80. The molecular formula is C16H18N4. The molecule has 0 N–H and O–H groups in total. The van der Waals surface area contributed by atoms with Crippen molar-refractivity contribution in [2.45, 2.75) is 39.2 Å². The van der Waals surface area contributed by atoms with E-state index in [2.05, 4.69) is 28.6 Å². The van der Waals surface area contributed by atoms with Gasteiger partial charge in [-0.3, -0.25) is 0 Å². The zero-order chi connectivity index (χ0) is 14.4. The molecular weight excluding hydrogens is 248 g/mol. The molecule has 0 spiro atoms. The van der Waals surface area contributed by atoms with Crippen LogP contribution in [-0.4, -0.2) is 9.55 Å². The summed E-state index contributed by atoms with van der Waals surface area (Å²) >= 11 is 0. The average Bonchev–Trinajstić information content (AvgIpc) is 2.81. The maximum Gasteiger partial charge on any atom is 0.109 e. The lowest BCUT2D eigenvalue weighted by Gasteiger charge is -2.12. The number of fused-ring (bicyclic) bond motifs is 1. The molecule has 2 aromatic rings. The van der Waals surface area contributed by atoms with Gasteiger partial charge in [0, 0.05) is 19.4 Å². The van der Waals surface area contributed by atoms with E-state index in [9.17, 15) is 5.26 Å². The van der Waals surface area contributed by atoms with E-state index in [4.69, 9.17) is 5.26 Å². The second-order valence-electron chi connectivity index (χ2n) is 4.90. The summed E-state index contributed by atoms with van der Waals surface area (Å²) < 4.78 is 2.14. The van der Waals surface area contributed by atoms with Crippen LogP contribution in [0.2, 0.25) is 0 Å². The molecule has 0 bridgehead atoms. The largest absolute Gasteiger partial charge is 0.327 e. The van der Waals surface area contributed by atoms with Crippen molar-refractivity contribution in [2.24, 2.45) is 5.92 Å². The van der Waals surface area contributed by atoms with Crippen LogP contribution in [-0.2, 0) is 13.0 Å². The molecule has 1 aromatic heterocycles. The third-order valence-electron chi connectivity index (χ3n) is 3.40. The van der Waals surface area contributed by atoms with Crippen LogP contribution in [0.3, 0.4) is 0 Å². The van der Waals surface area contributed by atoms with Crippen molar-refractivity contribution in [1.29, 1.82) is 10.5 Å². The second kappa shape index (κ2) is 6.73. The molecule has 102 valence electrons. The highest BCUT2D eigenvalue weighted by atomic mass is 15.1. The Bertz CT molecular complexity index is 657. The highest BCUT2D eigenvalue weighted by molar-refractivity contribution is 5.75. The summed E-state index contributed by atoms with van der Waals surface area (Å²) in [6, 6.07) is 12.4. The SMILES string of the molecule is CCCc1nc2ccccc2n1C[C@@H](C#N)CCC#N. The van der Waals surface area contributed by atoms with E-state index < -0.39 is 0 Å². The minimum atomic E-state index is -0.136. The maximum atomic E-state index is 9.25. The lowest BCUT2D eigenvalue weighted by atomic mass is 10.1. The molecule has 0 radical (unpaired) electrons. The van der Waals surface area contributed by atoms with Crippen LogP contribution < -0.4 is 0 Å². The van der Waals surface area contributed by atoms with Gasteiger partial charge >= 0.3 is 0 Å². The van der Waals surface area contributed by atoms with Gasteiger partial charge in [0.2, 0.25) is 0 Å². The van der Waals surface area contributed by atoms with Crippen LogP contribution in [0.5, 0.6) is 0 Å². The number of benzene rings is 1. The van der Waals surface area contributed by atoms with E-state index in [1.807, 2.05) is 24.3 Å². The Hall–Kier alpha value is -2.33. The Morgan fingerprint density at radius 3 is 2.80 bits per heavy atom. The van der Waals surface area contributed by atoms with Crippen molar-refractivity contribution in [3.8, 4) is 12.1 Å². The Labute approximate surface area is 119 Å². The van der Waals surface area contributed by atoms with E-state index in [1.165, 1.54) is 0 Å². The van der Waals surface area contributed by atoms with Crippen LogP contribution in [0.15, 0.2) is 24.3 Å². The normalized spacial score (nSPS) is 11.9. The van der Waals surface area contributed by atoms with Crippen LogP contribution in [0.1, 0.15) is 32.0 Å². The Kier molecular flexibility index (Phi) is 4.74. The van der Waals surface area contributed by atoms with Crippen LogP contribution in [0.25, 0.3) is 11.0 Å². The van der Waals surface area contributed by atoms with Crippen LogP contribution in [0.4, 0.5) is 0 Å². The molecule has 0 aliphatic heterocycles. The monoisotopic (exact) mass is 266 g/mol. The number of para-hydroxylation sites is 2. The molecule has 1 atom stereocenters. The molecule has 1 heterocycles. The summed E-state index contributed by atoms with van der Waals surface area (Å²) in [5, 5.41) is 17.9. The van der Waals surface area contributed by atoms with Crippen molar-refractivity contribution in [3.63, 3.8) is 0 Å². The summed E-state index contributed by atoms with van der Waals surface area (Å²) in [7, 11) is 0. The number of hydrogen-bond donors (Lipinski definition) is 0. The third kappa shape index (κ3) is 2.97. The van der Waals surface area contributed by atoms with Gasteiger partial charge in [0.05, 0.1) is 29.1 Å². The predicted octanol–water partition coefficient (Wildman–Crippen LogP) is 3.43. The van der Waals surface area contributed by atoms with Gasteiger partial charge in [-0.1, -0.05) is 19.1 Å². The quantitative estimate of drug-likeness (QED) is 0.804. The van der Waals surface area contributed by atoms with Gasteiger partial charge in [-0.05, 0) is 25.0 Å². The first-order valence-corrected chi connectivity index (χ1v) is 7.00. The van der Waals surface area contributed by atoms with Gasteiger partial charge < -0.3 is 4.57 Å². The fourth-order valence-electron chi connectivity index (χ4n) is 2.40. The molecule has 4 heteroatoms. The highest BCUT2D eigenvalue weighted by Crippen LogP contribution is 2.20. The minimum Gasteiger partial charge on any atom is -0.327 e. The van der Waals surface area contributed by atoms with Crippen molar-refractivity contribution in [2.75, 3.05) is 0 Å². The Morgan fingerprint density at radius 2 is 2.10 bits per heavy atom. The van der Waals surface area contributed by atoms with Gasteiger partial charge in [-0.25, -0.2) is 4.98 Å². The average molecular weight is 266 g/mol. The van der Waals surface area contributed by atoms with Crippen LogP contribution in [0, 0.1) is 28.6 Å². The number of aromatic nitrogens is 2. The zero-order valence-corrected chi connectivity index (χ0v) is 11.7. The number of nitriles is 2. The fourth-order valence-corrected chi connectivity index (χ4v) is 2.40. The molecule has 20 heavy (non-hydrogen) atoms. The van der Waals surface area contributed by atoms with Gasteiger partial charge in [0.15, 0.2) is 0 Å². The molecule has 0 saturated heterocycles. The number of rotatable bonds is 6. The van der Waals surface area contributed by atoms with Crippen molar-refractivity contribution >= 4 is 11.0 Å². The standard InChI is InChI=1S/C16H18N4/c1-2-6-16-19-14-8-3-4-9-15(14)20(16)12-13(11-18)7-5-10-17/h3-4,8-9,13H,2,5-7,12H2,1H3/t13-/m1/s1. The first-order valence-electron chi connectivity index (χ1n) is 7.00. The van der Waals surface area contributed by atoms with Gasteiger partial charge in [-0.15, -0.1) is 0 Å². The van der Waals surface area contributed by atoms with E-state index in [0.717, 1.165) is 29.7 Å². The number of nitrogens with zero attached hydrogens (tertiary/aromatic N) is 4. The Balaban J connectivity index is 2.33. The number of aryl methyl sites for hydroxylation is 1. The predicted molar refractivity (Wildman–Crippen MR) is 77.7 cm³/mol.